The third kappa shape index (κ3) is 3.61. The predicted molar refractivity (Wildman–Crippen MR) is 73.9 cm³/mol. The van der Waals surface area contributed by atoms with E-state index in [1.165, 1.54) is 0 Å². The van der Waals surface area contributed by atoms with Gasteiger partial charge in [-0.1, -0.05) is 24.5 Å². The standard InChI is InChI=1S/C14H16BrNO/c1-4-8-16(9-5-2)14(17)12-10-11(3)6-7-13(12)15/h1,6-7,10H,5,8-9H2,2-3H3. The molecule has 0 unspecified atom stereocenters. The summed E-state index contributed by atoms with van der Waals surface area (Å²) < 4.78 is 0.811. The van der Waals surface area contributed by atoms with Crippen molar-refractivity contribution in [3.63, 3.8) is 0 Å². The largest absolute Gasteiger partial charge is 0.327 e. The van der Waals surface area contributed by atoms with Crippen LogP contribution >= 0.6 is 15.9 Å². The summed E-state index contributed by atoms with van der Waals surface area (Å²) in [5.41, 5.74) is 1.74. The summed E-state index contributed by atoms with van der Waals surface area (Å²) in [6.45, 7) is 5.03. The summed E-state index contributed by atoms with van der Waals surface area (Å²) in [7, 11) is 0. The van der Waals surface area contributed by atoms with Crippen LogP contribution in [0.3, 0.4) is 0 Å². The molecule has 0 radical (unpaired) electrons. The number of benzene rings is 1. The van der Waals surface area contributed by atoms with Gasteiger partial charge < -0.3 is 4.90 Å². The lowest BCUT2D eigenvalue weighted by atomic mass is 10.1. The third-order valence-corrected chi connectivity index (χ3v) is 3.11. The van der Waals surface area contributed by atoms with Crippen LogP contribution < -0.4 is 0 Å². The zero-order valence-corrected chi connectivity index (χ0v) is 11.8. The molecule has 0 N–H and O–H groups in total. The Balaban J connectivity index is 3.00. The van der Waals surface area contributed by atoms with Crippen LogP contribution in [-0.4, -0.2) is 23.9 Å². The van der Waals surface area contributed by atoms with Gasteiger partial charge in [0.15, 0.2) is 0 Å². The van der Waals surface area contributed by atoms with Crippen LogP contribution in [0.25, 0.3) is 0 Å². The van der Waals surface area contributed by atoms with Crippen LogP contribution in [0.5, 0.6) is 0 Å². The predicted octanol–water partition coefficient (Wildman–Crippen LogP) is 3.24. The highest BCUT2D eigenvalue weighted by Gasteiger charge is 2.16. The van der Waals surface area contributed by atoms with E-state index in [2.05, 4.69) is 21.9 Å². The molecule has 90 valence electrons. The van der Waals surface area contributed by atoms with Crippen molar-refractivity contribution in [2.45, 2.75) is 20.3 Å². The van der Waals surface area contributed by atoms with Crippen molar-refractivity contribution in [2.75, 3.05) is 13.1 Å². The van der Waals surface area contributed by atoms with E-state index in [9.17, 15) is 4.79 Å². The summed E-state index contributed by atoms with van der Waals surface area (Å²) in [6.07, 6.45) is 6.19. The maximum atomic E-state index is 12.3. The molecule has 0 saturated carbocycles. The Bertz CT molecular complexity index is 448. The molecule has 0 heterocycles. The van der Waals surface area contributed by atoms with Crippen molar-refractivity contribution in [3.8, 4) is 12.3 Å². The van der Waals surface area contributed by atoms with Gasteiger partial charge >= 0.3 is 0 Å². The van der Waals surface area contributed by atoms with Gasteiger partial charge in [0.25, 0.3) is 5.91 Å². The minimum Gasteiger partial charge on any atom is -0.327 e. The van der Waals surface area contributed by atoms with Crippen LogP contribution in [0.4, 0.5) is 0 Å². The van der Waals surface area contributed by atoms with Gasteiger partial charge in [-0.05, 0) is 41.4 Å². The first-order chi connectivity index (χ1) is 8.10. The molecule has 1 amide bonds. The number of amides is 1. The molecule has 2 nitrogen and oxygen atoms in total. The van der Waals surface area contributed by atoms with Crippen molar-refractivity contribution in [3.05, 3.63) is 33.8 Å². The summed E-state index contributed by atoms with van der Waals surface area (Å²) in [6, 6.07) is 5.74. The molecule has 0 spiro atoms. The van der Waals surface area contributed by atoms with Gasteiger partial charge in [0, 0.05) is 11.0 Å². The Morgan fingerprint density at radius 2 is 2.24 bits per heavy atom. The summed E-state index contributed by atoms with van der Waals surface area (Å²) in [4.78, 5) is 14.0. The number of hydrogen-bond acceptors (Lipinski definition) is 1. The minimum absolute atomic E-state index is 0.0135. The van der Waals surface area contributed by atoms with Gasteiger partial charge in [0.2, 0.25) is 0 Å². The maximum absolute atomic E-state index is 12.3. The van der Waals surface area contributed by atoms with Gasteiger partial charge in [-0.3, -0.25) is 4.79 Å². The Hall–Kier alpha value is -1.27. The first kappa shape index (κ1) is 13.8. The number of carbonyl (C=O) groups is 1. The molecule has 17 heavy (non-hydrogen) atoms. The Labute approximate surface area is 111 Å². The van der Waals surface area contributed by atoms with E-state index in [0.717, 1.165) is 16.5 Å². The van der Waals surface area contributed by atoms with Crippen LogP contribution in [-0.2, 0) is 0 Å². The van der Waals surface area contributed by atoms with Crippen LogP contribution in [0.15, 0.2) is 22.7 Å². The topological polar surface area (TPSA) is 20.3 Å². The molecule has 1 rings (SSSR count). The number of carbonyl (C=O) groups excluding carboxylic acids is 1. The second kappa shape index (κ2) is 6.46. The van der Waals surface area contributed by atoms with Crippen LogP contribution in [0.2, 0.25) is 0 Å². The van der Waals surface area contributed by atoms with E-state index >= 15 is 0 Å². The molecule has 0 aromatic heterocycles. The van der Waals surface area contributed by atoms with E-state index < -0.39 is 0 Å². The van der Waals surface area contributed by atoms with E-state index in [4.69, 9.17) is 6.42 Å². The maximum Gasteiger partial charge on any atom is 0.255 e. The first-order valence-corrected chi connectivity index (χ1v) is 6.38. The highest BCUT2D eigenvalue weighted by atomic mass is 79.9. The fourth-order valence-corrected chi connectivity index (χ4v) is 2.02. The summed E-state index contributed by atoms with van der Waals surface area (Å²) >= 11 is 3.40. The molecule has 0 aliphatic rings. The number of rotatable bonds is 4. The van der Waals surface area contributed by atoms with Crippen molar-refractivity contribution in [1.29, 1.82) is 0 Å². The van der Waals surface area contributed by atoms with Gasteiger partial charge in [-0.15, -0.1) is 6.42 Å². The van der Waals surface area contributed by atoms with Crippen molar-refractivity contribution >= 4 is 21.8 Å². The summed E-state index contributed by atoms with van der Waals surface area (Å²) in [5.74, 6) is 2.51. The third-order valence-electron chi connectivity index (χ3n) is 2.42. The van der Waals surface area contributed by atoms with Crippen molar-refractivity contribution < 1.29 is 4.79 Å². The average Bonchev–Trinajstić information content (AvgIpc) is 2.31. The molecule has 0 fully saturated rings. The smallest absolute Gasteiger partial charge is 0.255 e. The molecule has 1 aromatic rings. The van der Waals surface area contributed by atoms with Gasteiger partial charge in [0.1, 0.15) is 0 Å². The van der Waals surface area contributed by atoms with Gasteiger partial charge in [0.05, 0.1) is 12.1 Å². The number of halogens is 1. The monoisotopic (exact) mass is 293 g/mol. The zero-order chi connectivity index (χ0) is 12.8. The van der Waals surface area contributed by atoms with E-state index in [0.29, 0.717) is 18.7 Å². The first-order valence-electron chi connectivity index (χ1n) is 5.59. The highest BCUT2D eigenvalue weighted by molar-refractivity contribution is 9.10. The SMILES string of the molecule is C#CCN(CCC)C(=O)c1cc(C)ccc1Br. The van der Waals surface area contributed by atoms with Gasteiger partial charge in [-0.25, -0.2) is 0 Å². The van der Waals surface area contributed by atoms with Gasteiger partial charge in [-0.2, -0.15) is 0 Å². The quantitative estimate of drug-likeness (QED) is 0.781. The normalized spacial score (nSPS) is 9.76. The molecule has 0 aliphatic carbocycles. The molecule has 0 bridgehead atoms. The molecule has 3 heteroatoms. The fourth-order valence-electron chi connectivity index (χ4n) is 1.61. The fraction of sp³-hybridized carbons (Fsp3) is 0.357. The lowest BCUT2D eigenvalue weighted by molar-refractivity contribution is 0.0776. The second-order valence-electron chi connectivity index (χ2n) is 3.91. The number of terminal acetylenes is 1. The number of hydrogen-bond donors (Lipinski definition) is 0. The Morgan fingerprint density at radius 3 is 2.82 bits per heavy atom. The Kier molecular flexibility index (Phi) is 5.24. The molecule has 0 atom stereocenters. The molecular formula is C14H16BrNO. The van der Waals surface area contributed by atoms with E-state index in [-0.39, 0.29) is 5.91 Å². The highest BCUT2D eigenvalue weighted by Crippen LogP contribution is 2.20. The van der Waals surface area contributed by atoms with Crippen LogP contribution in [0, 0.1) is 19.3 Å². The zero-order valence-electron chi connectivity index (χ0n) is 10.2. The average molecular weight is 294 g/mol. The molecule has 0 aliphatic heterocycles. The molecular weight excluding hydrogens is 278 g/mol. The number of aryl methyl sites for hydroxylation is 1. The van der Waals surface area contributed by atoms with Crippen LogP contribution in [0.1, 0.15) is 29.3 Å². The van der Waals surface area contributed by atoms with Crippen molar-refractivity contribution in [2.24, 2.45) is 0 Å². The lowest BCUT2D eigenvalue weighted by Crippen LogP contribution is -2.32. The summed E-state index contributed by atoms with van der Waals surface area (Å²) in [5, 5.41) is 0. The Morgan fingerprint density at radius 1 is 1.53 bits per heavy atom. The van der Waals surface area contributed by atoms with E-state index in [1.807, 2.05) is 32.0 Å². The minimum atomic E-state index is -0.0135. The van der Waals surface area contributed by atoms with E-state index in [1.54, 1.807) is 4.90 Å². The molecule has 0 saturated heterocycles. The number of nitrogens with zero attached hydrogens (tertiary/aromatic N) is 1. The lowest BCUT2D eigenvalue weighted by Gasteiger charge is -2.20. The molecule has 1 aromatic carbocycles. The van der Waals surface area contributed by atoms with Crippen molar-refractivity contribution in [1.82, 2.24) is 4.90 Å². The second-order valence-corrected chi connectivity index (χ2v) is 4.77.